The van der Waals surface area contributed by atoms with Crippen molar-refractivity contribution in [2.45, 2.75) is 95.4 Å². The lowest BCUT2D eigenvalue weighted by Gasteiger charge is -2.46. The molecule has 2 aliphatic rings. The number of carbonyl (C=O) groups is 2. The summed E-state index contributed by atoms with van der Waals surface area (Å²) in [5.74, 6) is -1.54. The van der Waals surface area contributed by atoms with E-state index in [1.54, 1.807) is 0 Å². The van der Waals surface area contributed by atoms with Crippen molar-refractivity contribution in [2.75, 3.05) is 0 Å². The molecule has 1 saturated carbocycles. The van der Waals surface area contributed by atoms with Gasteiger partial charge in [-0.3, -0.25) is 9.59 Å². The predicted octanol–water partition coefficient (Wildman–Crippen LogP) is 5.67. The molecule has 0 aromatic heterocycles. The summed E-state index contributed by atoms with van der Waals surface area (Å²) in [6, 6.07) is 18.3. The van der Waals surface area contributed by atoms with E-state index < -0.39 is 48.6 Å². The van der Waals surface area contributed by atoms with Crippen LogP contribution in [0.25, 0.3) is 20.9 Å². The van der Waals surface area contributed by atoms with Crippen LogP contribution in [0.5, 0.6) is 0 Å². The van der Waals surface area contributed by atoms with Gasteiger partial charge in [0.1, 0.15) is 12.2 Å². The van der Waals surface area contributed by atoms with Gasteiger partial charge in [0.05, 0.1) is 24.2 Å². The second-order valence-corrected chi connectivity index (χ2v) is 10.9. The topological polar surface area (TPSA) is 181 Å². The Bertz CT molecular complexity index is 1320. The summed E-state index contributed by atoms with van der Waals surface area (Å²) in [6.45, 7) is 4.93. The molecule has 1 aliphatic carbocycles. The van der Waals surface area contributed by atoms with E-state index in [0.717, 1.165) is 11.1 Å². The fourth-order valence-electron chi connectivity index (χ4n) is 5.88. The van der Waals surface area contributed by atoms with Gasteiger partial charge < -0.3 is 24.3 Å². The van der Waals surface area contributed by atoms with E-state index in [9.17, 15) is 15.1 Å². The van der Waals surface area contributed by atoms with Gasteiger partial charge in [0.25, 0.3) is 0 Å². The number of nitrogens with zero attached hydrogens (tertiary/aromatic N) is 6. The van der Waals surface area contributed by atoms with E-state index in [4.69, 9.17) is 24.5 Å². The van der Waals surface area contributed by atoms with Crippen LogP contribution in [0.4, 0.5) is 0 Å². The summed E-state index contributed by atoms with van der Waals surface area (Å²) in [5.41, 5.74) is 20.6. The maximum Gasteiger partial charge on any atom is 0.303 e. The number of benzene rings is 2. The van der Waals surface area contributed by atoms with Gasteiger partial charge in [0, 0.05) is 30.2 Å². The molecule has 228 valence electrons. The van der Waals surface area contributed by atoms with Gasteiger partial charge in [-0.2, -0.15) is 0 Å². The van der Waals surface area contributed by atoms with E-state index in [-0.39, 0.29) is 18.1 Å². The molecule has 13 nitrogen and oxygen atoms in total. The summed E-state index contributed by atoms with van der Waals surface area (Å²) in [4.78, 5) is 30.1. The second kappa shape index (κ2) is 15.4. The highest BCUT2D eigenvalue weighted by molar-refractivity contribution is 5.67. The van der Waals surface area contributed by atoms with Gasteiger partial charge in [-0.05, 0) is 47.4 Å². The van der Waals surface area contributed by atoms with Gasteiger partial charge in [-0.25, -0.2) is 0 Å². The Morgan fingerprint density at radius 3 is 2.14 bits per heavy atom. The van der Waals surface area contributed by atoms with Crippen LogP contribution in [-0.2, 0) is 35.1 Å². The standard InChI is InChI=1S/C30H37N7O6/c1-18-16-24(35-37-32)28(40-19(2)38)29(41-20(3)39)27(18)43-30-23(34-36-31)14-15-25(42-30)26(22-12-8-5-9-13-22)33-17-21-10-6-4-7-11-21/h4-13,18,23-30,33H,14-17H2,1-3H3/t18-,23?,24?,25?,26+,27+,28-,29-,30+/m0/s1. The summed E-state index contributed by atoms with van der Waals surface area (Å²) in [5, 5.41) is 11.4. The molecule has 2 aromatic carbocycles. The second-order valence-electron chi connectivity index (χ2n) is 10.9. The molecular formula is C30H37N7O6. The maximum atomic E-state index is 12.2. The quantitative estimate of drug-likeness (QED) is 0.151. The van der Waals surface area contributed by atoms with E-state index in [2.05, 4.69) is 25.4 Å². The number of esters is 2. The lowest BCUT2D eigenvalue weighted by molar-refractivity contribution is -0.267. The molecule has 1 N–H and O–H groups in total. The third-order valence-electron chi connectivity index (χ3n) is 7.77. The van der Waals surface area contributed by atoms with Crippen LogP contribution in [0.15, 0.2) is 70.9 Å². The highest BCUT2D eigenvalue weighted by Crippen LogP contribution is 2.38. The van der Waals surface area contributed by atoms with Crippen molar-refractivity contribution in [3.05, 3.63) is 92.7 Å². The molecule has 13 heteroatoms. The zero-order chi connectivity index (χ0) is 30.8. The van der Waals surface area contributed by atoms with Crippen molar-refractivity contribution in [1.29, 1.82) is 0 Å². The SMILES string of the molecule is CC(=O)O[C@H]1[C@H](O[C@H]2OC([C@H](NCc3ccccc3)c3ccccc3)CCC2N=[N+]=[N-])[C@@H](C)CC(N=[N+]=[N-])[C@@H]1OC(C)=O. The number of azide groups is 2. The third-order valence-corrected chi connectivity index (χ3v) is 7.77. The number of carbonyl (C=O) groups excluding carboxylic acids is 2. The number of ether oxygens (including phenoxy) is 4. The van der Waals surface area contributed by atoms with Crippen molar-refractivity contribution >= 4 is 11.9 Å². The minimum Gasteiger partial charge on any atom is -0.458 e. The minimum atomic E-state index is -1.09. The molecule has 0 amide bonds. The van der Waals surface area contributed by atoms with Crippen molar-refractivity contribution in [2.24, 2.45) is 16.1 Å². The van der Waals surface area contributed by atoms with Crippen LogP contribution in [0.2, 0.25) is 0 Å². The smallest absolute Gasteiger partial charge is 0.303 e. The molecule has 2 fully saturated rings. The Labute approximate surface area is 250 Å². The van der Waals surface area contributed by atoms with E-state index >= 15 is 0 Å². The zero-order valence-electron chi connectivity index (χ0n) is 24.4. The summed E-state index contributed by atoms with van der Waals surface area (Å²) in [6.07, 6.45) is -2.93. The molecular weight excluding hydrogens is 554 g/mol. The summed E-state index contributed by atoms with van der Waals surface area (Å²) < 4.78 is 24.2. The fraction of sp³-hybridized carbons (Fsp3) is 0.533. The Morgan fingerprint density at radius 1 is 0.907 bits per heavy atom. The van der Waals surface area contributed by atoms with Crippen LogP contribution in [0.1, 0.15) is 57.2 Å². The number of rotatable bonds is 11. The van der Waals surface area contributed by atoms with Gasteiger partial charge in [0.2, 0.25) is 0 Å². The highest BCUT2D eigenvalue weighted by atomic mass is 16.7. The van der Waals surface area contributed by atoms with Crippen LogP contribution < -0.4 is 5.32 Å². The molecule has 0 radical (unpaired) electrons. The molecule has 2 aromatic rings. The van der Waals surface area contributed by atoms with E-state index in [1.807, 2.05) is 67.6 Å². The zero-order valence-corrected chi connectivity index (χ0v) is 24.4. The number of nitrogens with one attached hydrogen (secondary N) is 1. The monoisotopic (exact) mass is 591 g/mol. The molecule has 1 saturated heterocycles. The summed E-state index contributed by atoms with van der Waals surface area (Å²) in [7, 11) is 0. The third kappa shape index (κ3) is 8.47. The molecule has 4 rings (SSSR count). The van der Waals surface area contributed by atoms with E-state index in [1.165, 1.54) is 13.8 Å². The predicted molar refractivity (Wildman–Crippen MR) is 156 cm³/mol. The Balaban J connectivity index is 1.62. The van der Waals surface area contributed by atoms with Crippen LogP contribution >= 0.6 is 0 Å². The molecule has 9 atom stereocenters. The van der Waals surface area contributed by atoms with Gasteiger partial charge in [0.15, 0.2) is 12.4 Å². The highest BCUT2D eigenvalue weighted by Gasteiger charge is 2.50. The largest absolute Gasteiger partial charge is 0.458 e. The lowest BCUT2D eigenvalue weighted by Crippen LogP contribution is -2.58. The Kier molecular flexibility index (Phi) is 11.4. The number of hydrogen-bond donors (Lipinski definition) is 1. The van der Waals surface area contributed by atoms with Gasteiger partial charge in [-0.1, -0.05) is 77.8 Å². The minimum absolute atomic E-state index is 0.212. The lowest BCUT2D eigenvalue weighted by atomic mass is 9.80. The molecule has 1 aliphatic heterocycles. The normalized spacial score (nSPS) is 29.3. The summed E-state index contributed by atoms with van der Waals surface area (Å²) >= 11 is 0. The first-order valence-electron chi connectivity index (χ1n) is 14.4. The first-order valence-corrected chi connectivity index (χ1v) is 14.4. The van der Waals surface area contributed by atoms with Crippen molar-refractivity contribution in [1.82, 2.24) is 5.32 Å². The van der Waals surface area contributed by atoms with Crippen molar-refractivity contribution in [3.63, 3.8) is 0 Å². The number of hydrogen-bond acceptors (Lipinski definition) is 9. The average molecular weight is 592 g/mol. The maximum absolute atomic E-state index is 12.2. The molecule has 0 spiro atoms. The Hall–Kier alpha value is -4.12. The first kappa shape index (κ1) is 31.8. The van der Waals surface area contributed by atoms with Crippen LogP contribution in [0.3, 0.4) is 0 Å². The van der Waals surface area contributed by atoms with Crippen LogP contribution in [-0.4, -0.2) is 54.7 Å². The van der Waals surface area contributed by atoms with E-state index in [0.29, 0.717) is 25.8 Å². The average Bonchev–Trinajstić information content (AvgIpc) is 2.99. The first-order chi connectivity index (χ1) is 20.8. The van der Waals surface area contributed by atoms with Crippen LogP contribution in [0, 0.1) is 5.92 Å². The molecule has 43 heavy (non-hydrogen) atoms. The fourth-order valence-corrected chi connectivity index (χ4v) is 5.88. The van der Waals surface area contributed by atoms with Gasteiger partial charge in [-0.15, -0.1) is 0 Å². The van der Waals surface area contributed by atoms with Crippen molar-refractivity contribution < 1.29 is 28.5 Å². The van der Waals surface area contributed by atoms with Crippen molar-refractivity contribution in [3.8, 4) is 0 Å². The Morgan fingerprint density at radius 2 is 1.51 bits per heavy atom. The molecule has 0 bridgehead atoms. The molecule has 3 unspecified atom stereocenters. The van der Waals surface area contributed by atoms with Gasteiger partial charge >= 0.3 is 11.9 Å². The molecule has 1 heterocycles.